The van der Waals surface area contributed by atoms with Gasteiger partial charge < -0.3 is 4.90 Å². The van der Waals surface area contributed by atoms with E-state index in [9.17, 15) is 0 Å². The molecule has 18 heavy (non-hydrogen) atoms. The average molecular weight is 243 g/mol. The zero-order valence-corrected chi connectivity index (χ0v) is 11.3. The molecular formula is C15H21N3. The highest BCUT2D eigenvalue weighted by Crippen LogP contribution is 2.14. The first kappa shape index (κ1) is 14.4. The molecule has 0 unspecified atom stereocenters. The Balaban J connectivity index is 2.34. The maximum Gasteiger partial charge on any atom is 0.0994 e. The zero-order valence-electron chi connectivity index (χ0n) is 11.3. The van der Waals surface area contributed by atoms with E-state index in [-0.39, 0.29) is 0 Å². The molecule has 1 heterocycles. The van der Waals surface area contributed by atoms with Gasteiger partial charge in [0.15, 0.2) is 0 Å². The minimum Gasteiger partial charge on any atom is -0.309 e. The lowest BCUT2D eigenvalue weighted by atomic mass is 10.1. The number of nitrogens with zero attached hydrogens (tertiary/aromatic N) is 3. The molecule has 3 heteroatoms. The van der Waals surface area contributed by atoms with Gasteiger partial charge in [0.1, 0.15) is 0 Å². The van der Waals surface area contributed by atoms with E-state index in [0.717, 1.165) is 30.5 Å². The topological polar surface area (TPSA) is 39.9 Å². The van der Waals surface area contributed by atoms with Crippen molar-refractivity contribution >= 4 is 5.57 Å². The summed E-state index contributed by atoms with van der Waals surface area (Å²) in [5, 5.41) is 9.11. The van der Waals surface area contributed by atoms with E-state index >= 15 is 0 Å². The maximum atomic E-state index is 9.11. The van der Waals surface area contributed by atoms with Crippen molar-refractivity contribution in [1.82, 2.24) is 9.88 Å². The number of hydrogen-bond acceptors (Lipinski definition) is 3. The van der Waals surface area contributed by atoms with Crippen LogP contribution in [0.3, 0.4) is 0 Å². The monoisotopic (exact) mass is 243 g/mol. The Bertz CT molecular complexity index is 401. The molecule has 3 nitrogen and oxygen atoms in total. The van der Waals surface area contributed by atoms with Gasteiger partial charge in [-0.1, -0.05) is 12.5 Å². The summed E-state index contributed by atoms with van der Waals surface area (Å²) in [5.41, 5.74) is 1.71. The van der Waals surface area contributed by atoms with E-state index in [1.165, 1.54) is 12.8 Å². The van der Waals surface area contributed by atoms with Crippen molar-refractivity contribution in [3.05, 3.63) is 36.2 Å². The summed E-state index contributed by atoms with van der Waals surface area (Å²) in [5.74, 6) is 0. The van der Waals surface area contributed by atoms with Crippen LogP contribution in [0.1, 0.15) is 31.2 Å². The smallest absolute Gasteiger partial charge is 0.0994 e. The van der Waals surface area contributed by atoms with E-state index in [1.807, 2.05) is 18.2 Å². The summed E-state index contributed by atoms with van der Waals surface area (Å²) >= 11 is 0. The molecule has 0 radical (unpaired) electrons. The highest BCUT2D eigenvalue weighted by atomic mass is 15.0. The molecule has 0 aliphatic heterocycles. The summed E-state index contributed by atoms with van der Waals surface area (Å²) in [6.07, 6.45) is 10.0. The predicted octanol–water partition coefficient (Wildman–Crippen LogP) is 3.11. The molecule has 0 bridgehead atoms. The Morgan fingerprint density at radius 2 is 2.00 bits per heavy atom. The van der Waals surface area contributed by atoms with Gasteiger partial charge in [-0.15, -0.1) is 0 Å². The van der Waals surface area contributed by atoms with Gasteiger partial charge in [0, 0.05) is 12.4 Å². The molecular weight excluding hydrogens is 222 g/mol. The molecule has 0 aliphatic carbocycles. The first-order valence-corrected chi connectivity index (χ1v) is 6.39. The molecule has 0 aromatic carbocycles. The molecule has 0 amide bonds. The molecule has 0 fully saturated rings. The number of rotatable bonds is 7. The van der Waals surface area contributed by atoms with Gasteiger partial charge in [-0.2, -0.15) is 5.26 Å². The third-order valence-corrected chi connectivity index (χ3v) is 2.77. The second-order valence-corrected chi connectivity index (χ2v) is 4.62. The fourth-order valence-electron chi connectivity index (χ4n) is 1.76. The van der Waals surface area contributed by atoms with Crippen LogP contribution in [0.4, 0.5) is 0 Å². The quantitative estimate of drug-likeness (QED) is 0.545. The molecule has 1 aromatic heterocycles. The lowest BCUT2D eigenvalue weighted by Crippen LogP contribution is -2.12. The van der Waals surface area contributed by atoms with Crippen LogP contribution >= 0.6 is 0 Å². The Kier molecular flexibility index (Phi) is 6.75. The molecule has 0 N–H and O–H groups in total. The van der Waals surface area contributed by atoms with Gasteiger partial charge in [-0.25, -0.2) is 0 Å². The molecule has 0 aliphatic rings. The van der Waals surface area contributed by atoms with Gasteiger partial charge in [0.25, 0.3) is 0 Å². The predicted molar refractivity (Wildman–Crippen MR) is 74.8 cm³/mol. The van der Waals surface area contributed by atoms with Crippen LogP contribution in [0.25, 0.3) is 5.57 Å². The standard InChI is InChI=1S/C15H21N3/c1-18(2)12-6-4-3-5-7-15(13-16)14-8-10-17-11-9-14/h7-11H,3-6,12H2,1-2H3. The van der Waals surface area contributed by atoms with Crippen LogP contribution in [-0.4, -0.2) is 30.5 Å². The Hall–Kier alpha value is -1.66. The second kappa shape index (κ2) is 8.43. The van der Waals surface area contributed by atoms with Gasteiger partial charge in [0.2, 0.25) is 0 Å². The molecule has 0 saturated heterocycles. The highest BCUT2D eigenvalue weighted by molar-refractivity contribution is 5.76. The molecule has 96 valence electrons. The van der Waals surface area contributed by atoms with Crippen LogP contribution < -0.4 is 0 Å². The van der Waals surface area contributed by atoms with Gasteiger partial charge >= 0.3 is 0 Å². The molecule has 1 aromatic rings. The molecule has 0 atom stereocenters. The largest absolute Gasteiger partial charge is 0.309 e. The first-order chi connectivity index (χ1) is 8.74. The minimum atomic E-state index is 0.755. The van der Waals surface area contributed by atoms with Crippen molar-refractivity contribution in [1.29, 1.82) is 5.26 Å². The molecule has 0 spiro atoms. The summed E-state index contributed by atoms with van der Waals surface area (Å²) in [7, 11) is 4.19. The first-order valence-electron chi connectivity index (χ1n) is 6.39. The summed E-state index contributed by atoms with van der Waals surface area (Å²) in [6, 6.07) is 6.00. The highest BCUT2D eigenvalue weighted by Gasteiger charge is 1.98. The van der Waals surface area contributed by atoms with Crippen LogP contribution in [0.15, 0.2) is 30.6 Å². The van der Waals surface area contributed by atoms with Crippen molar-refractivity contribution in [2.24, 2.45) is 0 Å². The Morgan fingerprint density at radius 3 is 2.61 bits per heavy atom. The van der Waals surface area contributed by atoms with E-state index in [0.29, 0.717) is 0 Å². The number of unbranched alkanes of at least 4 members (excludes halogenated alkanes) is 3. The van der Waals surface area contributed by atoms with Crippen molar-refractivity contribution in [2.45, 2.75) is 25.7 Å². The SMILES string of the molecule is CN(C)CCCCCC=C(C#N)c1ccncc1. The fraction of sp³-hybridized carbons (Fsp3) is 0.467. The number of nitriles is 1. The number of pyridine rings is 1. The van der Waals surface area contributed by atoms with Crippen LogP contribution in [0.5, 0.6) is 0 Å². The van der Waals surface area contributed by atoms with E-state index in [1.54, 1.807) is 12.4 Å². The minimum absolute atomic E-state index is 0.755. The van der Waals surface area contributed by atoms with Gasteiger partial charge in [0.05, 0.1) is 11.6 Å². The number of aromatic nitrogens is 1. The zero-order chi connectivity index (χ0) is 13.2. The third-order valence-electron chi connectivity index (χ3n) is 2.77. The second-order valence-electron chi connectivity index (χ2n) is 4.62. The van der Waals surface area contributed by atoms with Gasteiger partial charge in [-0.05, 0) is 57.6 Å². The van der Waals surface area contributed by atoms with Crippen molar-refractivity contribution < 1.29 is 0 Å². The number of allylic oxidation sites excluding steroid dienone is 2. The summed E-state index contributed by atoms with van der Waals surface area (Å²) in [4.78, 5) is 6.16. The lowest BCUT2D eigenvalue weighted by Gasteiger charge is -2.07. The third kappa shape index (κ3) is 5.60. The van der Waals surface area contributed by atoms with E-state index < -0.39 is 0 Å². The molecule has 1 rings (SSSR count). The Morgan fingerprint density at radius 1 is 1.28 bits per heavy atom. The fourth-order valence-corrected chi connectivity index (χ4v) is 1.76. The summed E-state index contributed by atoms with van der Waals surface area (Å²) < 4.78 is 0. The maximum absolute atomic E-state index is 9.11. The lowest BCUT2D eigenvalue weighted by molar-refractivity contribution is 0.392. The molecule has 0 saturated carbocycles. The van der Waals surface area contributed by atoms with E-state index in [4.69, 9.17) is 5.26 Å². The van der Waals surface area contributed by atoms with Crippen molar-refractivity contribution in [3.63, 3.8) is 0 Å². The average Bonchev–Trinajstić information content (AvgIpc) is 2.38. The van der Waals surface area contributed by atoms with Crippen molar-refractivity contribution in [3.8, 4) is 6.07 Å². The number of hydrogen-bond donors (Lipinski definition) is 0. The van der Waals surface area contributed by atoms with Crippen LogP contribution in [0, 0.1) is 11.3 Å². The summed E-state index contributed by atoms with van der Waals surface area (Å²) in [6.45, 7) is 1.14. The normalized spacial score (nSPS) is 11.6. The van der Waals surface area contributed by atoms with Crippen LogP contribution in [0.2, 0.25) is 0 Å². The van der Waals surface area contributed by atoms with Crippen LogP contribution in [-0.2, 0) is 0 Å². The van der Waals surface area contributed by atoms with Gasteiger partial charge in [-0.3, -0.25) is 4.98 Å². The van der Waals surface area contributed by atoms with E-state index in [2.05, 4.69) is 30.0 Å². The van der Waals surface area contributed by atoms with Crippen molar-refractivity contribution in [2.75, 3.05) is 20.6 Å². The Labute approximate surface area is 110 Å².